The quantitative estimate of drug-likeness (QED) is 0.359. The lowest BCUT2D eigenvalue weighted by Crippen LogP contribution is -2.45. The van der Waals surface area contributed by atoms with Crippen LogP contribution < -0.4 is 5.73 Å². The third-order valence-corrected chi connectivity index (χ3v) is 1.46. The van der Waals surface area contributed by atoms with E-state index < -0.39 is 11.8 Å². The van der Waals surface area contributed by atoms with Crippen LogP contribution in [0.1, 0.15) is 13.8 Å². The van der Waals surface area contributed by atoms with Crippen LogP contribution in [0.5, 0.6) is 0 Å². The normalized spacial score (nSPS) is 14.5. The van der Waals surface area contributed by atoms with Gasteiger partial charge in [-0.1, -0.05) is 0 Å². The van der Waals surface area contributed by atoms with Crippen LogP contribution in [0.4, 0.5) is 0 Å². The van der Waals surface area contributed by atoms with E-state index in [2.05, 4.69) is 0 Å². The van der Waals surface area contributed by atoms with Gasteiger partial charge in [-0.25, -0.2) is 0 Å². The molecule has 0 bridgehead atoms. The Morgan fingerprint density at radius 3 is 2.38 bits per heavy atom. The molecule has 5 nitrogen and oxygen atoms in total. The maximum absolute atomic E-state index is 9.36. The average Bonchev–Trinajstić information content (AvgIpc) is 2.02. The molecule has 5 heteroatoms. The zero-order valence-electron chi connectivity index (χ0n) is 8.19. The molecule has 0 amide bonds. The first-order valence-corrected chi connectivity index (χ1v) is 4.26. The minimum absolute atomic E-state index is 0.00243. The van der Waals surface area contributed by atoms with Crippen molar-refractivity contribution in [3.8, 4) is 0 Å². The first-order chi connectivity index (χ1) is 5.98. The molecule has 0 radical (unpaired) electrons. The highest BCUT2D eigenvalue weighted by Gasteiger charge is 2.23. The molecule has 0 heterocycles. The summed E-state index contributed by atoms with van der Waals surface area (Å²) in [6.07, 6.45) is -0.717. The second kappa shape index (κ2) is 6.28. The van der Waals surface area contributed by atoms with Gasteiger partial charge in [0.25, 0.3) is 0 Å². The van der Waals surface area contributed by atoms with Gasteiger partial charge < -0.3 is 25.4 Å². The number of nitrogens with two attached hydrogens (primary N) is 1. The summed E-state index contributed by atoms with van der Waals surface area (Å²) in [5.41, 5.74) is 4.44. The van der Waals surface area contributed by atoms with Gasteiger partial charge in [-0.3, -0.25) is 0 Å². The van der Waals surface area contributed by atoms with Crippen molar-refractivity contribution < 1.29 is 19.7 Å². The molecule has 0 aromatic carbocycles. The first-order valence-electron chi connectivity index (χ1n) is 4.26. The summed E-state index contributed by atoms with van der Waals surface area (Å²) in [5, 5.41) is 17.7. The van der Waals surface area contributed by atoms with Crippen molar-refractivity contribution in [2.75, 3.05) is 26.4 Å². The molecule has 0 rings (SSSR count). The molecule has 1 atom stereocenters. The van der Waals surface area contributed by atoms with Crippen molar-refractivity contribution >= 4 is 0 Å². The number of aliphatic hydroxyl groups is 2. The summed E-state index contributed by atoms with van der Waals surface area (Å²) in [5.74, 6) is 0. The van der Waals surface area contributed by atoms with Gasteiger partial charge in [0, 0.05) is 0 Å². The van der Waals surface area contributed by atoms with Crippen LogP contribution in [-0.2, 0) is 9.47 Å². The van der Waals surface area contributed by atoms with E-state index >= 15 is 0 Å². The maximum Gasteiger partial charge on any atom is 0.134 e. The van der Waals surface area contributed by atoms with Crippen LogP contribution in [0.25, 0.3) is 0 Å². The third-order valence-electron chi connectivity index (χ3n) is 1.46. The minimum Gasteiger partial charge on any atom is -0.394 e. The SMILES string of the molecule is CC(C)(O)C(N)OCCOCCO. The first kappa shape index (κ1) is 12.8. The van der Waals surface area contributed by atoms with Crippen molar-refractivity contribution in [3.63, 3.8) is 0 Å². The van der Waals surface area contributed by atoms with E-state index in [1.165, 1.54) is 0 Å². The Hall–Kier alpha value is -0.200. The highest BCUT2D eigenvalue weighted by Crippen LogP contribution is 2.06. The van der Waals surface area contributed by atoms with Crippen molar-refractivity contribution in [3.05, 3.63) is 0 Å². The van der Waals surface area contributed by atoms with Gasteiger partial charge in [0.05, 0.1) is 32.0 Å². The molecular formula is C8H19NO4. The van der Waals surface area contributed by atoms with Gasteiger partial charge in [-0.05, 0) is 13.8 Å². The Kier molecular flexibility index (Phi) is 6.19. The molecule has 80 valence electrons. The summed E-state index contributed by atoms with van der Waals surface area (Å²) in [6.45, 7) is 4.12. The van der Waals surface area contributed by atoms with Gasteiger partial charge >= 0.3 is 0 Å². The van der Waals surface area contributed by atoms with Gasteiger partial charge in [-0.2, -0.15) is 0 Å². The monoisotopic (exact) mass is 193 g/mol. The zero-order chi connectivity index (χ0) is 10.3. The standard InChI is InChI=1S/C8H19NO4/c1-8(2,11)7(9)13-6-5-12-4-3-10/h7,10-11H,3-6,9H2,1-2H3. The molecule has 0 aliphatic rings. The van der Waals surface area contributed by atoms with Gasteiger partial charge in [-0.15, -0.1) is 0 Å². The molecule has 1 unspecified atom stereocenters. The Morgan fingerprint density at radius 1 is 1.31 bits per heavy atom. The van der Waals surface area contributed by atoms with E-state index in [1.807, 2.05) is 0 Å². The summed E-state index contributed by atoms with van der Waals surface area (Å²) >= 11 is 0. The molecule has 13 heavy (non-hydrogen) atoms. The van der Waals surface area contributed by atoms with Gasteiger partial charge in [0.2, 0.25) is 0 Å². The zero-order valence-corrected chi connectivity index (χ0v) is 8.19. The smallest absolute Gasteiger partial charge is 0.134 e. The fourth-order valence-electron chi connectivity index (χ4n) is 0.605. The number of hydrogen-bond donors (Lipinski definition) is 3. The van der Waals surface area contributed by atoms with Crippen LogP contribution >= 0.6 is 0 Å². The third kappa shape index (κ3) is 6.92. The Labute approximate surface area is 78.4 Å². The van der Waals surface area contributed by atoms with Crippen LogP contribution in [0, 0.1) is 0 Å². The topological polar surface area (TPSA) is 84.9 Å². The lowest BCUT2D eigenvalue weighted by Gasteiger charge is -2.25. The molecular weight excluding hydrogens is 174 g/mol. The highest BCUT2D eigenvalue weighted by molar-refractivity contribution is 4.71. The van der Waals surface area contributed by atoms with Crippen molar-refractivity contribution in [1.82, 2.24) is 0 Å². The fourth-order valence-corrected chi connectivity index (χ4v) is 0.605. The van der Waals surface area contributed by atoms with E-state index in [0.717, 1.165) is 0 Å². The van der Waals surface area contributed by atoms with Gasteiger partial charge in [0.15, 0.2) is 0 Å². The lowest BCUT2D eigenvalue weighted by atomic mass is 10.1. The van der Waals surface area contributed by atoms with E-state index in [0.29, 0.717) is 19.8 Å². The number of hydrogen-bond acceptors (Lipinski definition) is 5. The van der Waals surface area contributed by atoms with Crippen molar-refractivity contribution in [1.29, 1.82) is 0 Å². The molecule has 0 aromatic rings. The Balaban J connectivity index is 3.32. The van der Waals surface area contributed by atoms with E-state index in [9.17, 15) is 5.11 Å². The molecule has 0 fully saturated rings. The summed E-state index contributed by atoms with van der Waals surface area (Å²) < 4.78 is 10.0. The second-order valence-electron chi connectivity index (χ2n) is 3.28. The number of ether oxygens (including phenoxy) is 2. The largest absolute Gasteiger partial charge is 0.394 e. The second-order valence-corrected chi connectivity index (χ2v) is 3.28. The molecule has 0 aromatic heterocycles. The van der Waals surface area contributed by atoms with Crippen molar-refractivity contribution in [2.45, 2.75) is 25.7 Å². The molecule has 0 aliphatic heterocycles. The predicted octanol–water partition coefficient (Wildman–Crippen LogP) is -0.932. The minimum atomic E-state index is -1.04. The van der Waals surface area contributed by atoms with Crippen LogP contribution in [0.3, 0.4) is 0 Å². The molecule has 4 N–H and O–H groups in total. The summed E-state index contributed by atoms with van der Waals surface area (Å²) in [4.78, 5) is 0. The molecule has 0 saturated carbocycles. The molecule has 0 spiro atoms. The summed E-state index contributed by atoms with van der Waals surface area (Å²) in [6, 6.07) is 0. The van der Waals surface area contributed by atoms with E-state index in [1.54, 1.807) is 13.8 Å². The number of rotatable bonds is 7. The van der Waals surface area contributed by atoms with Crippen LogP contribution in [0.2, 0.25) is 0 Å². The van der Waals surface area contributed by atoms with E-state index in [4.69, 9.17) is 20.3 Å². The van der Waals surface area contributed by atoms with Gasteiger partial charge in [0.1, 0.15) is 6.23 Å². The number of aliphatic hydroxyl groups excluding tert-OH is 1. The van der Waals surface area contributed by atoms with Crippen LogP contribution in [-0.4, -0.2) is 48.5 Å². The predicted molar refractivity (Wildman–Crippen MR) is 48.1 cm³/mol. The lowest BCUT2D eigenvalue weighted by molar-refractivity contribution is -0.0967. The Morgan fingerprint density at radius 2 is 1.92 bits per heavy atom. The van der Waals surface area contributed by atoms with Crippen LogP contribution in [0.15, 0.2) is 0 Å². The van der Waals surface area contributed by atoms with Crippen molar-refractivity contribution in [2.24, 2.45) is 5.73 Å². The molecule has 0 aliphatic carbocycles. The maximum atomic E-state index is 9.36. The Bertz CT molecular complexity index is 124. The fraction of sp³-hybridized carbons (Fsp3) is 1.00. The summed E-state index contributed by atoms with van der Waals surface area (Å²) in [7, 11) is 0. The molecule has 0 saturated heterocycles. The highest BCUT2D eigenvalue weighted by atomic mass is 16.5. The average molecular weight is 193 g/mol. The van der Waals surface area contributed by atoms with E-state index in [-0.39, 0.29) is 6.61 Å².